The smallest absolute Gasteiger partial charge is 0.305 e. The van der Waals surface area contributed by atoms with Crippen LogP contribution in [0.15, 0.2) is 24.0 Å². The third kappa shape index (κ3) is 9.64. The van der Waals surface area contributed by atoms with E-state index in [-0.39, 0.29) is 5.97 Å². The molecule has 0 aromatic heterocycles. The van der Waals surface area contributed by atoms with Crippen LogP contribution in [-0.4, -0.2) is 19.2 Å². The molecule has 1 aliphatic heterocycles. The zero-order valence-electron chi connectivity index (χ0n) is 14.3. The Morgan fingerprint density at radius 1 is 1.14 bits per heavy atom. The predicted molar refractivity (Wildman–Crippen MR) is 90.6 cm³/mol. The van der Waals surface area contributed by atoms with Gasteiger partial charge in [-0.25, -0.2) is 0 Å². The second-order valence-electron chi connectivity index (χ2n) is 5.98. The lowest BCUT2D eigenvalue weighted by atomic mass is 10.1. The Kier molecular flexibility index (Phi) is 10.5. The number of carbonyl (C=O) groups excluding carboxylic acids is 1. The molecule has 126 valence electrons. The Morgan fingerprint density at radius 2 is 1.91 bits per heavy atom. The summed E-state index contributed by atoms with van der Waals surface area (Å²) < 4.78 is 10.2. The van der Waals surface area contributed by atoms with Crippen molar-refractivity contribution in [2.24, 2.45) is 0 Å². The van der Waals surface area contributed by atoms with Gasteiger partial charge in [-0.2, -0.15) is 0 Å². The number of epoxide rings is 1. The third-order valence-electron chi connectivity index (χ3n) is 3.98. The summed E-state index contributed by atoms with van der Waals surface area (Å²) in [4.78, 5) is 10.9. The van der Waals surface area contributed by atoms with Crippen LogP contribution < -0.4 is 0 Å². The summed E-state index contributed by atoms with van der Waals surface area (Å²) in [7, 11) is 1.45. The summed E-state index contributed by atoms with van der Waals surface area (Å²) in [5.74, 6) is 1.06. The molecular formula is C19H32O3. The highest BCUT2D eigenvalue weighted by molar-refractivity contribution is 5.68. The molecule has 1 heterocycles. The molecule has 1 saturated heterocycles. The molecule has 0 aromatic rings. The van der Waals surface area contributed by atoms with Crippen molar-refractivity contribution in [3.63, 3.8) is 0 Å². The molecule has 0 aromatic carbocycles. The minimum atomic E-state index is -0.0936. The summed E-state index contributed by atoms with van der Waals surface area (Å²) in [6.07, 6.45) is 19.3. The van der Waals surface area contributed by atoms with Gasteiger partial charge in [-0.05, 0) is 38.2 Å². The molecule has 1 atom stereocenters. The molecule has 0 N–H and O–H groups in total. The fourth-order valence-electron chi connectivity index (χ4n) is 2.48. The van der Waals surface area contributed by atoms with Crippen LogP contribution in [0.25, 0.3) is 0 Å². The molecular weight excluding hydrogens is 276 g/mol. The SMILES string of the molecule is CCCCC/C=C/C=C1/O[C@H]1CCCCCCCC(=O)OC. The van der Waals surface area contributed by atoms with Gasteiger partial charge in [-0.1, -0.05) is 51.2 Å². The molecule has 1 fully saturated rings. The molecule has 0 aliphatic carbocycles. The Labute approximate surface area is 135 Å². The molecule has 0 amide bonds. The van der Waals surface area contributed by atoms with Gasteiger partial charge in [-0.3, -0.25) is 4.79 Å². The standard InChI is InChI=1S/C19H32O3/c1-3-4-5-6-8-11-14-17-18(22-17)15-12-9-7-10-13-16-19(20)21-2/h8,11,14,18H,3-7,9-10,12-13,15-16H2,1-2H3/b11-8+,17-14+/t18-/m0/s1. The lowest BCUT2D eigenvalue weighted by Crippen LogP contribution is -1.99. The van der Waals surface area contributed by atoms with E-state index >= 15 is 0 Å². The van der Waals surface area contributed by atoms with Crippen LogP contribution in [0.1, 0.15) is 77.6 Å². The first kappa shape index (κ1) is 18.8. The number of allylic oxidation sites excluding steroid dienone is 3. The maximum Gasteiger partial charge on any atom is 0.305 e. The van der Waals surface area contributed by atoms with Crippen LogP contribution in [0.5, 0.6) is 0 Å². The molecule has 1 rings (SSSR count). The van der Waals surface area contributed by atoms with Crippen molar-refractivity contribution in [3.8, 4) is 0 Å². The topological polar surface area (TPSA) is 38.8 Å². The van der Waals surface area contributed by atoms with E-state index in [0.717, 1.165) is 25.0 Å². The van der Waals surface area contributed by atoms with Crippen molar-refractivity contribution in [1.29, 1.82) is 0 Å². The maximum atomic E-state index is 10.9. The molecule has 0 radical (unpaired) electrons. The van der Waals surface area contributed by atoms with E-state index in [2.05, 4.69) is 29.9 Å². The Hall–Kier alpha value is -1.25. The molecule has 3 heteroatoms. The van der Waals surface area contributed by atoms with Crippen molar-refractivity contribution >= 4 is 5.97 Å². The summed E-state index contributed by atoms with van der Waals surface area (Å²) in [6.45, 7) is 2.23. The summed E-state index contributed by atoms with van der Waals surface area (Å²) in [5.41, 5.74) is 0. The fourth-order valence-corrected chi connectivity index (χ4v) is 2.48. The predicted octanol–water partition coefficient (Wildman–Crippen LogP) is 5.31. The van der Waals surface area contributed by atoms with Gasteiger partial charge in [0.2, 0.25) is 0 Å². The van der Waals surface area contributed by atoms with Gasteiger partial charge in [0.1, 0.15) is 5.76 Å². The summed E-state index contributed by atoms with van der Waals surface area (Å²) in [6, 6.07) is 0. The van der Waals surface area contributed by atoms with Gasteiger partial charge in [-0.15, -0.1) is 0 Å². The van der Waals surface area contributed by atoms with E-state index in [1.54, 1.807) is 0 Å². The van der Waals surface area contributed by atoms with Crippen LogP contribution in [0.4, 0.5) is 0 Å². The first-order valence-electron chi connectivity index (χ1n) is 8.88. The van der Waals surface area contributed by atoms with E-state index in [4.69, 9.17) is 4.74 Å². The molecule has 0 bridgehead atoms. The van der Waals surface area contributed by atoms with Crippen molar-refractivity contribution in [2.75, 3.05) is 7.11 Å². The maximum absolute atomic E-state index is 10.9. The zero-order chi connectivity index (χ0) is 16.0. The van der Waals surface area contributed by atoms with E-state index in [1.807, 2.05) is 0 Å². The Balaban J connectivity index is 1.90. The highest BCUT2D eigenvalue weighted by Gasteiger charge is 2.30. The number of hydrogen-bond acceptors (Lipinski definition) is 3. The van der Waals surface area contributed by atoms with Crippen molar-refractivity contribution in [2.45, 2.75) is 83.7 Å². The van der Waals surface area contributed by atoms with Crippen molar-refractivity contribution < 1.29 is 14.3 Å². The summed E-state index contributed by atoms with van der Waals surface area (Å²) in [5, 5.41) is 0. The number of esters is 1. The largest absolute Gasteiger partial charge is 0.483 e. The average molecular weight is 308 g/mol. The number of ether oxygens (including phenoxy) is 2. The second-order valence-corrected chi connectivity index (χ2v) is 5.98. The van der Waals surface area contributed by atoms with Crippen LogP contribution in [0, 0.1) is 0 Å². The molecule has 1 aliphatic rings. The van der Waals surface area contributed by atoms with Crippen LogP contribution >= 0.6 is 0 Å². The normalized spacial score (nSPS) is 18.6. The Morgan fingerprint density at radius 3 is 2.68 bits per heavy atom. The number of carbonyl (C=O) groups is 1. The lowest BCUT2D eigenvalue weighted by molar-refractivity contribution is -0.140. The number of unbranched alkanes of at least 4 members (excludes halogenated alkanes) is 7. The number of hydrogen-bond donors (Lipinski definition) is 0. The monoisotopic (exact) mass is 308 g/mol. The quantitative estimate of drug-likeness (QED) is 0.263. The molecule has 0 unspecified atom stereocenters. The number of rotatable bonds is 13. The first-order chi connectivity index (χ1) is 10.8. The summed E-state index contributed by atoms with van der Waals surface area (Å²) >= 11 is 0. The van der Waals surface area contributed by atoms with Gasteiger partial charge >= 0.3 is 5.97 Å². The van der Waals surface area contributed by atoms with Crippen molar-refractivity contribution in [3.05, 3.63) is 24.0 Å². The Bertz CT molecular complexity index is 358. The first-order valence-corrected chi connectivity index (χ1v) is 8.88. The van der Waals surface area contributed by atoms with Gasteiger partial charge < -0.3 is 9.47 Å². The van der Waals surface area contributed by atoms with E-state index < -0.39 is 0 Å². The average Bonchev–Trinajstić information content (AvgIpc) is 3.28. The minimum Gasteiger partial charge on any atom is -0.483 e. The van der Waals surface area contributed by atoms with E-state index in [9.17, 15) is 4.79 Å². The fraction of sp³-hybridized carbons (Fsp3) is 0.737. The lowest BCUT2D eigenvalue weighted by Gasteiger charge is -2.00. The highest BCUT2D eigenvalue weighted by Crippen LogP contribution is 2.31. The minimum absolute atomic E-state index is 0.0936. The zero-order valence-corrected chi connectivity index (χ0v) is 14.3. The van der Waals surface area contributed by atoms with Crippen LogP contribution in [0.2, 0.25) is 0 Å². The highest BCUT2D eigenvalue weighted by atomic mass is 16.6. The van der Waals surface area contributed by atoms with Gasteiger partial charge in [0.05, 0.1) is 7.11 Å². The van der Waals surface area contributed by atoms with Crippen molar-refractivity contribution in [1.82, 2.24) is 0 Å². The van der Waals surface area contributed by atoms with E-state index in [0.29, 0.717) is 12.5 Å². The molecule has 22 heavy (non-hydrogen) atoms. The molecule has 0 saturated carbocycles. The van der Waals surface area contributed by atoms with Gasteiger partial charge in [0.15, 0.2) is 6.10 Å². The van der Waals surface area contributed by atoms with Crippen LogP contribution in [0.3, 0.4) is 0 Å². The molecule has 3 nitrogen and oxygen atoms in total. The van der Waals surface area contributed by atoms with E-state index in [1.165, 1.54) is 52.1 Å². The second kappa shape index (κ2) is 12.3. The van der Waals surface area contributed by atoms with Crippen LogP contribution in [-0.2, 0) is 14.3 Å². The number of methoxy groups -OCH3 is 1. The van der Waals surface area contributed by atoms with Gasteiger partial charge in [0.25, 0.3) is 0 Å². The molecule has 0 spiro atoms. The van der Waals surface area contributed by atoms with Gasteiger partial charge in [0, 0.05) is 6.42 Å². The third-order valence-corrected chi connectivity index (χ3v) is 3.98.